The van der Waals surface area contributed by atoms with Crippen molar-refractivity contribution >= 4 is 57.3 Å². The fourth-order valence-corrected chi connectivity index (χ4v) is 4.46. The summed E-state index contributed by atoms with van der Waals surface area (Å²) >= 11 is 8.81. The topological polar surface area (TPSA) is 102 Å². The van der Waals surface area contributed by atoms with Crippen molar-refractivity contribution in [2.45, 2.75) is 32.7 Å². The molecule has 8 nitrogen and oxygen atoms in total. The number of amides is 2. The summed E-state index contributed by atoms with van der Waals surface area (Å²) in [4.78, 5) is 33.0. The molecule has 1 aromatic carbocycles. The van der Waals surface area contributed by atoms with Crippen LogP contribution in [0.3, 0.4) is 0 Å². The zero-order valence-corrected chi connectivity index (χ0v) is 20.9. The summed E-state index contributed by atoms with van der Waals surface area (Å²) in [5.74, 6) is 1.41. The Kier molecular flexibility index (Phi) is 7.81. The Hall–Kier alpha value is -2.95. The summed E-state index contributed by atoms with van der Waals surface area (Å²) in [6.07, 6.45) is 9.30. The van der Waals surface area contributed by atoms with Crippen LogP contribution in [-0.4, -0.2) is 34.4 Å². The van der Waals surface area contributed by atoms with E-state index in [-0.39, 0.29) is 17.9 Å². The largest absolute Gasteiger partial charge is 0.493 e. The number of benzene rings is 1. The highest BCUT2D eigenvalue weighted by Crippen LogP contribution is 2.35. The van der Waals surface area contributed by atoms with E-state index >= 15 is 0 Å². The summed E-state index contributed by atoms with van der Waals surface area (Å²) in [6, 6.07) is 5.13. The van der Waals surface area contributed by atoms with E-state index in [9.17, 15) is 9.59 Å². The molecule has 2 N–H and O–H groups in total. The molecule has 0 bridgehead atoms. The first-order valence-electron chi connectivity index (χ1n) is 10.6. The first-order valence-corrected chi connectivity index (χ1v) is 12.7. The Morgan fingerprint density at radius 2 is 2.09 bits per heavy atom. The normalized spacial score (nSPS) is 14.1. The maximum absolute atomic E-state index is 12.4. The van der Waals surface area contributed by atoms with Crippen LogP contribution >= 0.6 is 34.3 Å². The van der Waals surface area contributed by atoms with Gasteiger partial charge in [0.25, 0.3) is 11.1 Å². The number of anilines is 1. The molecule has 34 heavy (non-hydrogen) atoms. The van der Waals surface area contributed by atoms with E-state index in [1.54, 1.807) is 18.3 Å². The minimum atomic E-state index is -0.265. The van der Waals surface area contributed by atoms with Gasteiger partial charge in [-0.15, -0.1) is 0 Å². The fraction of sp³-hybridized carbons (Fsp3) is 0.304. The van der Waals surface area contributed by atoms with E-state index in [1.165, 1.54) is 37.3 Å². The van der Waals surface area contributed by atoms with Gasteiger partial charge in [-0.1, -0.05) is 40.4 Å². The number of halogens is 1. The minimum absolute atomic E-state index is 0.233. The lowest BCUT2D eigenvalue weighted by Crippen LogP contribution is -2.30. The molecule has 2 aromatic heterocycles. The smallest absolute Gasteiger partial charge is 0.279 e. The molecule has 4 rings (SSSR count). The van der Waals surface area contributed by atoms with Gasteiger partial charge in [0, 0.05) is 25.2 Å². The predicted molar refractivity (Wildman–Crippen MR) is 134 cm³/mol. The summed E-state index contributed by atoms with van der Waals surface area (Å²) in [7, 11) is 0. The average Bonchev–Trinajstić information content (AvgIpc) is 3.32. The third kappa shape index (κ3) is 7.02. The van der Waals surface area contributed by atoms with Crippen LogP contribution in [0.4, 0.5) is 5.13 Å². The zero-order valence-electron chi connectivity index (χ0n) is 18.5. The van der Waals surface area contributed by atoms with Gasteiger partial charge in [0.15, 0.2) is 5.13 Å². The number of nitrogens with zero attached hydrogens (tertiary/aromatic N) is 2. The molecule has 0 spiro atoms. The summed E-state index contributed by atoms with van der Waals surface area (Å²) in [6.45, 7) is 3.97. The van der Waals surface area contributed by atoms with Gasteiger partial charge in [0.05, 0.1) is 22.7 Å². The molecule has 11 heteroatoms. The molecule has 0 saturated heterocycles. The Labute approximate surface area is 210 Å². The number of carbonyl (C=O) groups is 2. The lowest BCUT2D eigenvalue weighted by atomic mass is 10.3. The molecule has 1 saturated carbocycles. The fourth-order valence-electron chi connectivity index (χ4n) is 2.79. The molecule has 178 valence electrons. The second-order valence-electron chi connectivity index (χ2n) is 7.81. The number of thiazole rings is 2. The Morgan fingerprint density at radius 1 is 1.26 bits per heavy atom. The first kappa shape index (κ1) is 24.2. The average molecular weight is 519 g/mol. The van der Waals surface area contributed by atoms with Crippen molar-refractivity contribution in [2.75, 3.05) is 11.9 Å². The molecule has 0 unspecified atom stereocenters. The monoisotopic (exact) mass is 518 g/mol. The molecular weight excluding hydrogens is 496 g/mol. The lowest BCUT2D eigenvalue weighted by Gasteiger charge is -2.08. The SMILES string of the molecule is CC(=O)Nc1ncc(C(=O)N[C@@H](C)/C=C/c2cnc(Oc3ccc(OCC4CC4)cc3Cl)s2)s1. The number of hydrogen-bond acceptors (Lipinski definition) is 8. The van der Waals surface area contributed by atoms with E-state index in [0.29, 0.717) is 31.9 Å². The molecule has 1 aliphatic rings. The van der Waals surface area contributed by atoms with Crippen molar-refractivity contribution in [2.24, 2.45) is 5.92 Å². The van der Waals surface area contributed by atoms with Crippen LogP contribution in [0.1, 0.15) is 41.2 Å². The molecule has 1 atom stereocenters. The highest BCUT2D eigenvalue weighted by atomic mass is 35.5. The predicted octanol–water partition coefficient (Wildman–Crippen LogP) is 5.62. The quantitative estimate of drug-likeness (QED) is 0.361. The van der Waals surface area contributed by atoms with Crippen molar-refractivity contribution in [3.8, 4) is 16.7 Å². The van der Waals surface area contributed by atoms with Gasteiger partial charge < -0.3 is 20.1 Å². The third-order valence-corrected chi connectivity index (χ3v) is 6.75. The molecule has 3 aromatic rings. The number of carbonyl (C=O) groups excluding carboxylic acids is 2. The van der Waals surface area contributed by atoms with Crippen molar-refractivity contribution in [3.05, 3.63) is 51.4 Å². The van der Waals surface area contributed by atoms with Crippen molar-refractivity contribution < 1.29 is 19.1 Å². The second-order valence-corrected chi connectivity index (χ2v) is 10.3. The van der Waals surface area contributed by atoms with Crippen LogP contribution in [0.5, 0.6) is 16.7 Å². The molecule has 1 aliphatic carbocycles. The van der Waals surface area contributed by atoms with Gasteiger partial charge in [-0.2, -0.15) is 0 Å². The lowest BCUT2D eigenvalue weighted by molar-refractivity contribution is -0.114. The van der Waals surface area contributed by atoms with E-state index in [4.69, 9.17) is 21.1 Å². The number of hydrogen-bond donors (Lipinski definition) is 2. The summed E-state index contributed by atoms with van der Waals surface area (Å²) < 4.78 is 11.6. The zero-order chi connectivity index (χ0) is 24.1. The van der Waals surface area contributed by atoms with Gasteiger partial charge in [0.2, 0.25) is 5.91 Å². The highest BCUT2D eigenvalue weighted by Gasteiger charge is 2.22. The number of ether oxygens (including phenoxy) is 2. The van der Waals surface area contributed by atoms with Gasteiger partial charge in [0.1, 0.15) is 16.4 Å². The van der Waals surface area contributed by atoms with Crippen LogP contribution < -0.4 is 20.1 Å². The van der Waals surface area contributed by atoms with Crippen LogP contribution in [0.2, 0.25) is 5.02 Å². The standard InChI is InChI=1S/C23H23ClN4O4S2/c1-13(27-21(30)20-11-25-22(34-20)28-14(2)29)3-7-17-10-26-23(33-17)32-19-8-6-16(9-18(19)24)31-12-15-4-5-15/h3,6-11,13,15H,4-5,12H2,1-2H3,(H,27,30)(H,25,28,29)/b7-3+/t13-/m0/s1. The maximum atomic E-state index is 12.4. The van der Waals surface area contributed by atoms with Crippen molar-refractivity contribution in [1.82, 2.24) is 15.3 Å². The van der Waals surface area contributed by atoms with Crippen molar-refractivity contribution in [3.63, 3.8) is 0 Å². The van der Waals surface area contributed by atoms with Crippen LogP contribution in [0, 0.1) is 5.92 Å². The van der Waals surface area contributed by atoms with E-state index in [2.05, 4.69) is 20.6 Å². The van der Waals surface area contributed by atoms with Crippen molar-refractivity contribution in [1.29, 1.82) is 0 Å². The summed E-state index contributed by atoms with van der Waals surface area (Å²) in [5, 5.41) is 6.74. The summed E-state index contributed by atoms with van der Waals surface area (Å²) in [5.41, 5.74) is 0. The number of nitrogens with one attached hydrogen (secondary N) is 2. The van der Waals surface area contributed by atoms with Crippen LogP contribution in [0.15, 0.2) is 36.7 Å². The molecular formula is C23H23ClN4O4S2. The molecule has 0 aliphatic heterocycles. The van der Waals surface area contributed by atoms with Gasteiger partial charge in [-0.3, -0.25) is 9.59 Å². The van der Waals surface area contributed by atoms with Gasteiger partial charge in [-0.25, -0.2) is 9.97 Å². The van der Waals surface area contributed by atoms with Gasteiger partial charge in [-0.05, 0) is 43.9 Å². The van der Waals surface area contributed by atoms with E-state index < -0.39 is 0 Å². The van der Waals surface area contributed by atoms with Gasteiger partial charge >= 0.3 is 0 Å². The molecule has 2 amide bonds. The van der Waals surface area contributed by atoms with E-state index in [0.717, 1.165) is 28.6 Å². The Bertz CT molecular complexity index is 1210. The minimum Gasteiger partial charge on any atom is -0.493 e. The molecule has 1 fully saturated rings. The molecule has 0 radical (unpaired) electrons. The Morgan fingerprint density at radius 3 is 2.82 bits per heavy atom. The number of rotatable bonds is 10. The maximum Gasteiger partial charge on any atom is 0.279 e. The molecule has 2 heterocycles. The second kappa shape index (κ2) is 11.0. The van der Waals surface area contributed by atoms with E-state index in [1.807, 2.05) is 25.1 Å². The Balaban J connectivity index is 1.28. The third-order valence-electron chi connectivity index (χ3n) is 4.71. The first-order chi connectivity index (χ1) is 16.4. The highest BCUT2D eigenvalue weighted by molar-refractivity contribution is 7.17. The number of aromatic nitrogens is 2. The van der Waals surface area contributed by atoms with Crippen LogP contribution in [-0.2, 0) is 4.79 Å². The van der Waals surface area contributed by atoms with Crippen LogP contribution in [0.25, 0.3) is 6.08 Å².